The Labute approximate surface area is 142 Å². The largest absolute Gasteiger partial charge is 0.449 e. The van der Waals surface area contributed by atoms with Gasteiger partial charge in [0.15, 0.2) is 6.10 Å². The van der Waals surface area contributed by atoms with Gasteiger partial charge in [0.05, 0.1) is 12.2 Å². The summed E-state index contributed by atoms with van der Waals surface area (Å²) < 4.78 is 5.31. The van der Waals surface area contributed by atoms with E-state index in [0.717, 1.165) is 25.7 Å². The zero-order valence-electron chi connectivity index (χ0n) is 14.1. The Balaban J connectivity index is 1.92. The van der Waals surface area contributed by atoms with Crippen LogP contribution in [0.4, 0.5) is 5.69 Å². The Morgan fingerprint density at radius 3 is 2.67 bits per heavy atom. The van der Waals surface area contributed by atoms with Crippen LogP contribution in [0, 0.1) is 0 Å². The smallest absolute Gasteiger partial charge is 0.341 e. The normalized spacial score (nSPS) is 16.2. The molecule has 1 aliphatic rings. The number of anilines is 1. The van der Waals surface area contributed by atoms with Gasteiger partial charge in [0.25, 0.3) is 5.91 Å². The van der Waals surface area contributed by atoms with Crippen molar-refractivity contribution < 1.29 is 19.4 Å². The van der Waals surface area contributed by atoms with Gasteiger partial charge in [0.1, 0.15) is 0 Å². The molecule has 1 saturated carbocycles. The van der Waals surface area contributed by atoms with Crippen LogP contribution < -0.4 is 10.6 Å². The van der Waals surface area contributed by atoms with Crippen molar-refractivity contribution in [3.63, 3.8) is 0 Å². The van der Waals surface area contributed by atoms with E-state index in [1.54, 1.807) is 31.2 Å². The van der Waals surface area contributed by atoms with Gasteiger partial charge in [-0.05, 0) is 31.9 Å². The molecule has 1 amide bonds. The number of ether oxygens (including phenoxy) is 1. The molecule has 1 fully saturated rings. The van der Waals surface area contributed by atoms with Crippen LogP contribution in [0.2, 0.25) is 0 Å². The van der Waals surface area contributed by atoms with Crippen molar-refractivity contribution in [2.24, 2.45) is 0 Å². The summed E-state index contributed by atoms with van der Waals surface area (Å²) in [4.78, 5) is 24.5. The minimum atomic E-state index is -0.842. The van der Waals surface area contributed by atoms with Crippen LogP contribution >= 0.6 is 0 Å². The first-order valence-electron chi connectivity index (χ1n) is 8.57. The van der Waals surface area contributed by atoms with Gasteiger partial charge in [-0.2, -0.15) is 0 Å². The van der Waals surface area contributed by atoms with Crippen LogP contribution in [-0.2, 0) is 9.53 Å². The molecule has 2 rings (SSSR count). The summed E-state index contributed by atoms with van der Waals surface area (Å²) >= 11 is 0. The summed E-state index contributed by atoms with van der Waals surface area (Å²) in [6, 6.07) is 7.07. The highest BCUT2D eigenvalue weighted by molar-refractivity contribution is 5.97. The van der Waals surface area contributed by atoms with Crippen molar-refractivity contribution in [2.45, 2.75) is 51.2 Å². The van der Waals surface area contributed by atoms with Gasteiger partial charge in [0.2, 0.25) is 0 Å². The lowest BCUT2D eigenvalue weighted by Gasteiger charge is -2.24. The zero-order chi connectivity index (χ0) is 17.4. The van der Waals surface area contributed by atoms with Crippen molar-refractivity contribution in [3.05, 3.63) is 29.8 Å². The molecule has 0 heterocycles. The number of benzene rings is 1. The number of carbonyl (C=O) groups is 2. The number of nitrogens with one attached hydrogen (secondary N) is 2. The molecule has 0 unspecified atom stereocenters. The molecule has 1 aromatic carbocycles. The summed E-state index contributed by atoms with van der Waals surface area (Å²) in [5, 5.41) is 14.8. The van der Waals surface area contributed by atoms with Crippen LogP contribution in [0.1, 0.15) is 49.4 Å². The SMILES string of the molecule is C[C@@H](OC(=O)c1ccccc1NCCO)C(=O)NC1CCCCC1. The second-order valence-electron chi connectivity index (χ2n) is 6.09. The van der Waals surface area contributed by atoms with E-state index in [0.29, 0.717) is 17.8 Å². The predicted molar refractivity (Wildman–Crippen MR) is 91.9 cm³/mol. The van der Waals surface area contributed by atoms with Gasteiger partial charge >= 0.3 is 5.97 Å². The molecule has 1 aliphatic carbocycles. The standard InChI is InChI=1S/C18H26N2O4/c1-13(17(22)20-14-7-3-2-4-8-14)24-18(23)15-9-5-6-10-16(15)19-11-12-21/h5-6,9-10,13-14,19,21H,2-4,7-8,11-12H2,1H3,(H,20,22)/t13-/m1/s1. The van der Waals surface area contributed by atoms with E-state index < -0.39 is 12.1 Å². The molecule has 0 radical (unpaired) electrons. The molecular weight excluding hydrogens is 308 g/mol. The maximum atomic E-state index is 12.3. The first-order chi connectivity index (χ1) is 11.6. The van der Waals surface area contributed by atoms with Crippen molar-refractivity contribution in [3.8, 4) is 0 Å². The molecule has 6 nitrogen and oxygen atoms in total. The quantitative estimate of drug-likeness (QED) is 0.665. The van der Waals surface area contributed by atoms with Crippen LogP contribution in [-0.4, -0.2) is 42.3 Å². The number of hydrogen-bond donors (Lipinski definition) is 3. The molecule has 0 aliphatic heterocycles. The third-order valence-corrected chi connectivity index (χ3v) is 4.18. The minimum absolute atomic E-state index is 0.0381. The van der Waals surface area contributed by atoms with Crippen LogP contribution in [0.5, 0.6) is 0 Å². The average molecular weight is 334 g/mol. The Morgan fingerprint density at radius 1 is 1.25 bits per heavy atom. The van der Waals surface area contributed by atoms with Crippen LogP contribution in [0.15, 0.2) is 24.3 Å². The van der Waals surface area contributed by atoms with Crippen molar-refractivity contribution >= 4 is 17.6 Å². The lowest BCUT2D eigenvalue weighted by Crippen LogP contribution is -2.42. The first-order valence-corrected chi connectivity index (χ1v) is 8.57. The third kappa shape index (κ3) is 5.23. The van der Waals surface area contributed by atoms with E-state index in [9.17, 15) is 9.59 Å². The third-order valence-electron chi connectivity index (χ3n) is 4.18. The molecule has 1 atom stereocenters. The van der Waals surface area contributed by atoms with Crippen molar-refractivity contribution in [2.75, 3.05) is 18.5 Å². The number of amides is 1. The second-order valence-corrected chi connectivity index (χ2v) is 6.09. The van der Waals surface area contributed by atoms with E-state index in [1.165, 1.54) is 6.42 Å². The van der Waals surface area contributed by atoms with Crippen molar-refractivity contribution in [1.29, 1.82) is 0 Å². The lowest BCUT2D eigenvalue weighted by molar-refractivity contribution is -0.130. The lowest BCUT2D eigenvalue weighted by atomic mass is 9.95. The summed E-state index contributed by atoms with van der Waals surface area (Å²) in [5.41, 5.74) is 0.930. The Kier molecular flexibility index (Phi) is 7.06. The number of aliphatic hydroxyl groups is 1. The highest BCUT2D eigenvalue weighted by atomic mass is 16.5. The van der Waals surface area contributed by atoms with Gasteiger partial charge in [-0.1, -0.05) is 31.4 Å². The first kappa shape index (κ1) is 18.3. The number of esters is 1. The van der Waals surface area contributed by atoms with Gasteiger partial charge in [0, 0.05) is 18.3 Å². The minimum Gasteiger partial charge on any atom is -0.449 e. The number of para-hydroxylation sites is 1. The van der Waals surface area contributed by atoms with Gasteiger partial charge < -0.3 is 20.5 Å². The van der Waals surface area contributed by atoms with Gasteiger partial charge in [-0.3, -0.25) is 4.79 Å². The Bertz CT molecular complexity index is 556. The summed E-state index contributed by atoms with van der Waals surface area (Å²) in [5.74, 6) is -0.807. The number of carbonyl (C=O) groups excluding carboxylic acids is 2. The van der Waals surface area contributed by atoms with Gasteiger partial charge in [-0.25, -0.2) is 4.79 Å². The second kappa shape index (κ2) is 9.27. The predicted octanol–water partition coefficient (Wildman–Crippen LogP) is 2.08. The van der Waals surface area contributed by atoms with Crippen LogP contribution in [0.25, 0.3) is 0 Å². The average Bonchev–Trinajstić information content (AvgIpc) is 2.61. The van der Waals surface area contributed by atoms with E-state index in [2.05, 4.69) is 10.6 Å². The molecule has 0 aromatic heterocycles. The zero-order valence-corrected chi connectivity index (χ0v) is 14.1. The number of hydrogen-bond acceptors (Lipinski definition) is 5. The molecule has 6 heteroatoms. The van der Waals surface area contributed by atoms with Crippen LogP contribution in [0.3, 0.4) is 0 Å². The fraction of sp³-hybridized carbons (Fsp3) is 0.556. The molecule has 1 aromatic rings. The summed E-state index contributed by atoms with van der Waals surface area (Å²) in [6.07, 6.45) is 4.60. The Morgan fingerprint density at radius 2 is 1.96 bits per heavy atom. The molecule has 3 N–H and O–H groups in total. The molecule has 0 bridgehead atoms. The van der Waals surface area contributed by atoms with Gasteiger partial charge in [-0.15, -0.1) is 0 Å². The van der Waals surface area contributed by atoms with E-state index >= 15 is 0 Å². The molecular formula is C18H26N2O4. The molecule has 24 heavy (non-hydrogen) atoms. The topological polar surface area (TPSA) is 87.7 Å². The number of aliphatic hydroxyl groups excluding tert-OH is 1. The summed E-state index contributed by atoms with van der Waals surface area (Å²) in [6.45, 7) is 1.88. The van der Waals surface area contributed by atoms with Crippen molar-refractivity contribution in [1.82, 2.24) is 5.32 Å². The maximum Gasteiger partial charge on any atom is 0.341 e. The monoisotopic (exact) mass is 334 g/mol. The van der Waals surface area contributed by atoms with E-state index in [1.807, 2.05) is 0 Å². The Hall–Kier alpha value is -2.08. The molecule has 0 spiro atoms. The summed E-state index contributed by atoms with van der Waals surface area (Å²) in [7, 11) is 0. The fourth-order valence-corrected chi connectivity index (χ4v) is 2.85. The fourth-order valence-electron chi connectivity index (χ4n) is 2.85. The van der Waals surface area contributed by atoms with E-state index in [-0.39, 0.29) is 18.6 Å². The highest BCUT2D eigenvalue weighted by Gasteiger charge is 2.23. The maximum absolute atomic E-state index is 12.3. The molecule has 0 saturated heterocycles. The number of rotatable bonds is 7. The van der Waals surface area contributed by atoms with E-state index in [4.69, 9.17) is 9.84 Å². The highest BCUT2D eigenvalue weighted by Crippen LogP contribution is 2.19. The molecule has 132 valence electrons.